The Balaban J connectivity index is 1.27. The summed E-state index contributed by atoms with van der Waals surface area (Å²) in [7, 11) is 0. The van der Waals surface area contributed by atoms with E-state index in [9.17, 15) is 14.4 Å². The molecule has 0 saturated heterocycles. The van der Waals surface area contributed by atoms with E-state index in [1.54, 1.807) is 0 Å². The Labute approximate surface area is 264 Å². The number of carbonyl (C=O) groups is 3. The predicted molar refractivity (Wildman–Crippen MR) is 175 cm³/mol. The van der Waals surface area contributed by atoms with Gasteiger partial charge in [0.25, 0.3) is 0 Å². The molecule has 0 spiro atoms. The number of nitrogens with one attached hydrogen (secondary N) is 2. The molecule has 0 radical (unpaired) electrons. The molecule has 0 saturated carbocycles. The fraction of sp³-hybridized carbons (Fsp3) is 0.154. The van der Waals surface area contributed by atoms with Crippen LogP contribution in [0, 0.1) is 0 Å². The van der Waals surface area contributed by atoms with Crippen LogP contribution in [-0.4, -0.2) is 37.0 Å². The van der Waals surface area contributed by atoms with E-state index < -0.39 is 23.8 Å². The maximum atomic E-state index is 13.5. The quantitative estimate of drug-likeness (QED) is 0.163. The Morgan fingerprint density at radius 3 is 1.44 bits per heavy atom. The number of hydrogen-bond donors (Lipinski definition) is 2. The highest BCUT2D eigenvalue weighted by Crippen LogP contribution is 2.26. The van der Waals surface area contributed by atoms with Crippen molar-refractivity contribution in [2.45, 2.75) is 24.3 Å². The van der Waals surface area contributed by atoms with Crippen molar-refractivity contribution in [3.8, 4) is 0 Å². The molecule has 0 aliphatic carbocycles. The van der Waals surface area contributed by atoms with Crippen molar-refractivity contribution in [2.75, 3.05) is 13.2 Å². The lowest BCUT2D eigenvalue weighted by atomic mass is 9.90. The number of amides is 2. The van der Waals surface area contributed by atoms with Gasteiger partial charge in [-0.3, -0.25) is 9.59 Å². The van der Waals surface area contributed by atoms with Crippen molar-refractivity contribution in [1.82, 2.24) is 10.6 Å². The molecule has 6 heteroatoms. The van der Waals surface area contributed by atoms with E-state index in [-0.39, 0.29) is 31.4 Å². The van der Waals surface area contributed by atoms with Crippen LogP contribution < -0.4 is 10.6 Å². The average molecular weight is 597 g/mol. The summed E-state index contributed by atoms with van der Waals surface area (Å²) in [5, 5.41) is 5.59. The van der Waals surface area contributed by atoms with E-state index in [1.807, 2.05) is 152 Å². The highest BCUT2D eigenvalue weighted by atomic mass is 16.5. The average Bonchev–Trinajstić information content (AvgIpc) is 3.09. The Morgan fingerprint density at radius 1 is 0.556 bits per heavy atom. The van der Waals surface area contributed by atoms with Gasteiger partial charge in [-0.25, -0.2) is 4.79 Å². The Bertz CT molecular complexity index is 1570. The van der Waals surface area contributed by atoms with Crippen LogP contribution in [0.15, 0.2) is 152 Å². The molecule has 0 bridgehead atoms. The number of ether oxygens (including phenoxy) is 1. The first-order chi connectivity index (χ1) is 22.1. The minimum absolute atomic E-state index is 0.112. The van der Waals surface area contributed by atoms with Gasteiger partial charge in [0.05, 0.1) is 12.5 Å². The lowest BCUT2D eigenvalue weighted by molar-refractivity contribution is -0.148. The first-order valence-corrected chi connectivity index (χ1v) is 15.1. The molecule has 2 N–H and O–H groups in total. The fourth-order valence-corrected chi connectivity index (χ4v) is 5.37. The summed E-state index contributed by atoms with van der Waals surface area (Å²) in [6.45, 7) is -0.176. The third-order valence-corrected chi connectivity index (χ3v) is 7.65. The zero-order chi connectivity index (χ0) is 31.3. The molecule has 226 valence electrons. The Hall–Kier alpha value is -5.49. The van der Waals surface area contributed by atoms with E-state index in [0.717, 1.165) is 27.8 Å². The zero-order valence-electron chi connectivity index (χ0n) is 24.9. The molecular weight excluding hydrogens is 560 g/mol. The van der Waals surface area contributed by atoms with Gasteiger partial charge >= 0.3 is 5.97 Å². The van der Waals surface area contributed by atoms with Gasteiger partial charge in [-0.15, -0.1) is 0 Å². The molecule has 45 heavy (non-hydrogen) atoms. The third-order valence-electron chi connectivity index (χ3n) is 7.65. The first kappa shape index (κ1) is 31.0. The minimum Gasteiger partial charge on any atom is -0.463 e. The molecule has 0 aliphatic rings. The second kappa shape index (κ2) is 15.8. The molecule has 0 aliphatic heterocycles. The number of hydrogen-bond acceptors (Lipinski definition) is 4. The molecule has 0 heterocycles. The zero-order valence-corrected chi connectivity index (χ0v) is 24.9. The van der Waals surface area contributed by atoms with Crippen molar-refractivity contribution >= 4 is 17.8 Å². The summed E-state index contributed by atoms with van der Waals surface area (Å²) in [4.78, 5) is 40.2. The lowest BCUT2D eigenvalue weighted by Gasteiger charge is -2.22. The maximum Gasteiger partial charge on any atom is 0.329 e. The van der Waals surface area contributed by atoms with Crippen LogP contribution in [0.3, 0.4) is 0 Å². The van der Waals surface area contributed by atoms with E-state index in [1.165, 1.54) is 0 Å². The van der Waals surface area contributed by atoms with Crippen LogP contribution >= 0.6 is 0 Å². The van der Waals surface area contributed by atoms with Gasteiger partial charge < -0.3 is 15.4 Å². The number of esters is 1. The second-order valence-electron chi connectivity index (χ2n) is 10.8. The maximum absolute atomic E-state index is 13.5. The minimum atomic E-state index is -0.942. The van der Waals surface area contributed by atoms with E-state index >= 15 is 0 Å². The first-order valence-electron chi connectivity index (χ1n) is 15.1. The van der Waals surface area contributed by atoms with Gasteiger partial charge in [-0.2, -0.15) is 0 Å². The standard InChI is InChI=1S/C39H36N2O4/c42-36(27-40-38(43)37(32-22-12-4-13-23-32)33-24-14-5-15-25-33)41-35(26-29-16-6-1-7-17-29)39(44)45-28-34(30-18-8-2-9-19-30)31-20-10-3-11-21-31/h1-25,34-35,37H,26-28H2,(H,40,43)(H,41,42)/t35-/m0/s1. The molecular formula is C39H36N2O4. The number of carbonyl (C=O) groups excluding carboxylic acids is 3. The van der Waals surface area contributed by atoms with Crippen molar-refractivity contribution in [3.05, 3.63) is 179 Å². The molecule has 5 rings (SSSR count). The summed E-state index contributed by atoms with van der Waals surface area (Å²) < 4.78 is 5.89. The van der Waals surface area contributed by atoms with E-state index in [2.05, 4.69) is 10.6 Å². The van der Waals surface area contributed by atoms with Crippen LogP contribution in [0.4, 0.5) is 0 Å². The van der Waals surface area contributed by atoms with E-state index in [0.29, 0.717) is 0 Å². The summed E-state index contributed by atoms with van der Waals surface area (Å²) >= 11 is 0. The molecule has 5 aromatic carbocycles. The smallest absolute Gasteiger partial charge is 0.329 e. The topological polar surface area (TPSA) is 84.5 Å². The van der Waals surface area contributed by atoms with Crippen molar-refractivity contribution < 1.29 is 19.1 Å². The van der Waals surface area contributed by atoms with Crippen LogP contribution in [0.1, 0.15) is 39.7 Å². The fourth-order valence-electron chi connectivity index (χ4n) is 5.37. The largest absolute Gasteiger partial charge is 0.463 e. The predicted octanol–water partition coefficient (Wildman–Crippen LogP) is 6.04. The summed E-state index contributed by atoms with van der Waals surface area (Å²) in [5.41, 5.74) is 4.56. The highest BCUT2D eigenvalue weighted by molar-refractivity contribution is 5.92. The van der Waals surface area contributed by atoms with Gasteiger partial charge in [0.2, 0.25) is 11.8 Å². The van der Waals surface area contributed by atoms with Gasteiger partial charge in [0, 0.05) is 12.3 Å². The van der Waals surface area contributed by atoms with Crippen LogP contribution in [-0.2, 0) is 25.5 Å². The highest BCUT2D eigenvalue weighted by Gasteiger charge is 2.27. The van der Waals surface area contributed by atoms with Gasteiger partial charge in [-0.1, -0.05) is 152 Å². The monoisotopic (exact) mass is 596 g/mol. The van der Waals surface area contributed by atoms with Gasteiger partial charge in [0.1, 0.15) is 12.6 Å². The molecule has 0 aromatic heterocycles. The Kier molecular flexibility index (Phi) is 10.9. The van der Waals surface area contributed by atoms with Gasteiger partial charge in [-0.05, 0) is 27.8 Å². The van der Waals surface area contributed by atoms with E-state index in [4.69, 9.17) is 4.74 Å². The molecule has 1 atom stereocenters. The normalized spacial score (nSPS) is 11.5. The molecule has 5 aromatic rings. The molecule has 6 nitrogen and oxygen atoms in total. The van der Waals surface area contributed by atoms with Crippen molar-refractivity contribution in [3.63, 3.8) is 0 Å². The second-order valence-corrected chi connectivity index (χ2v) is 10.8. The third kappa shape index (κ3) is 8.77. The SMILES string of the molecule is O=C(CNC(=O)C(c1ccccc1)c1ccccc1)N[C@@H](Cc1ccccc1)C(=O)OCC(c1ccccc1)c1ccccc1. The van der Waals surface area contributed by atoms with Crippen LogP contribution in [0.5, 0.6) is 0 Å². The Morgan fingerprint density at radius 2 is 0.978 bits per heavy atom. The molecule has 0 fully saturated rings. The number of rotatable bonds is 13. The van der Waals surface area contributed by atoms with Crippen LogP contribution in [0.2, 0.25) is 0 Å². The number of benzene rings is 5. The summed E-state index contributed by atoms with van der Waals surface area (Å²) in [6.07, 6.45) is 0.247. The van der Waals surface area contributed by atoms with Crippen LogP contribution in [0.25, 0.3) is 0 Å². The lowest BCUT2D eigenvalue weighted by Crippen LogP contribution is -2.48. The van der Waals surface area contributed by atoms with Crippen molar-refractivity contribution in [1.29, 1.82) is 0 Å². The summed E-state index contributed by atoms with van der Waals surface area (Å²) in [6, 6.07) is 47.2. The molecule has 2 amide bonds. The van der Waals surface area contributed by atoms with Gasteiger partial charge in [0.15, 0.2) is 0 Å². The summed E-state index contributed by atoms with van der Waals surface area (Å²) in [5.74, 6) is -2.08. The molecule has 0 unspecified atom stereocenters. The van der Waals surface area contributed by atoms with Crippen molar-refractivity contribution in [2.24, 2.45) is 0 Å².